The van der Waals surface area contributed by atoms with Gasteiger partial charge in [0.25, 0.3) is 5.91 Å². The molecule has 5 rings (SSSR count). The molecule has 0 spiro atoms. The Kier molecular flexibility index (Phi) is 4.00. The smallest absolute Gasteiger partial charge is 0.253 e. The van der Waals surface area contributed by atoms with Crippen LogP contribution in [0, 0.1) is 6.92 Å². The molecular weight excluding hydrogens is 354 g/mol. The van der Waals surface area contributed by atoms with Crippen molar-refractivity contribution in [3.05, 3.63) is 47.5 Å². The fourth-order valence-corrected chi connectivity index (χ4v) is 4.71. The van der Waals surface area contributed by atoms with Crippen molar-refractivity contribution in [3.8, 4) is 0 Å². The van der Waals surface area contributed by atoms with Gasteiger partial charge in [-0.1, -0.05) is 30.3 Å². The highest BCUT2D eigenvalue weighted by Crippen LogP contribution is 2.50. The molecule has 1 aromatic carbocycles. The van der Waals surface area contributed by atoms with Crippen LogP contribution in [0.2, 0.25) is 0 Å². The van der Waals surface area contributed by atoms with Gasteiger partial charge in [0.1, 0.15) is 5.82 Å². The molecule has 1 atom stereocenters. The molecule has 146 valence electrons. The van der Waals surface area contributed by atoms with Crippen molar-refractivity contribution in [3.63, 3.8) is 0 Å². The minimum Gasteiger partial charge on any atom is -0.340 e. The molecule has 1 saturated carbocycles. The molecule has 2 amide bonds. The van der Waals surface area contributed by atoms with Crippen LogP contribution in [0.15, 0.2) is 30.3 Å². The third-order valence-corrected chi connectivity index (χ3v) is 6.48. The molecule has 2 fully saturated rings. The topological polar surface area (TPSA) is 71.3 Å². The van der Waals surface area contributed by atoms with Gasteiger partial charge >= 0.3 is 0 Å². The quantitative estimate of drug-likeness (QED) is 0.816. The van der Waals surface area contributed by atoms with Crippen molar-refractivity contribution in [2.75, 3.05) is 19.6 Å². The number of carbonyl (C=O) groups is 2. The lowest BCUT2D eigenvalue weighted by molar-refractivity contribution is -0.149. The summed E-state index contributed by atoms with van der Waals surface area (Å²) in [5.74, 6) is 1.45. The highest BCUT2D eigenvalue weighted by Gasteiger charge is 2.56. The van der Waals surface area contributed by atoms with E-state index in [1.54, 1.807) is 4.90 Å². The molecule has 1 unspecified atom stereocenters. The first-order valence-corrected chi connectivity index (χ1v) is 10.2. The second-order valence-electron chi connectivity index (χ2n) is 8.14. The van der Waals surface area contributed by atoms with Crippen molar-refractivity contribution < 1.29 is 9.59 Å². The molecule has 3 aliphatic rings. The Hall–Kier alpha value is -2.70. The Morgan fingerprint density at radius 2 is 1.71 bits per heavy atom. The molecule has 1 saturated heterocycles. The second-order valence-corrected chi connectivity index (χ2v) is 8.14. The van der Waals surface area contributed by atoms with Crippen LogP contribution in [-0.2, 0) is 21.5 Å². The number of aromatic nitrogens is 3. The first-order chi connectivity index (χ1) is 13.6. The van der Waals surface area contributed by atoms with Crippen LogP contribution >= 0.6 is 0 Å². The van der Waals surface area contributed by atoms with E-state index in [4.69, 9.17) is 0 Å². The molecule has 1 aliphatic carbocycles. The summed E-state index contributed by atoms with van der Waals surface area (Å²) >= 11 is 0. The molecule has 3 heterocycles. The second kappa shape index (κ2) is 6.43. The number of benzene rings is 1. The zero-order chi connectivity index (χ0) is 19.3. The Balaban J connectivity index is 1.52. The number of aryl methyl sites for hydroxylation is 1. The lowest BCUT2D eigenvalue weighted by atomic mass is 9.93. The maximum Gasteiger partial charge on any atom is 0.253 e. The zero-order valence-electron chi connectivity index (χ0n) is 16.2. The number of nitrogens with zero attached hydrogens (tertiary/aromatic N) is 5. The minimum absolute atomic E-state index is 0.0111. The Labute approximate surface area is 164 Å². The molecular formula is C21H25N5O2. The average molecular weight is 379 g/mol. The van der Waals surface area contributed by atoms with E-state index in [-0.39, 0.29) is 11.8 Å². The molecule has 7 nitrogen and oxygen atoms in total. The van der Waals surface area contributed by atoms with Gasteiger partial charge in [0, 0.05) is 26.2 Å². The monoisotopic (exact) mass is 379 g/mol. The Morgan fingerprint density at radius 1 is 1.00 bits per heavy atom. The molecule has 1 aromatic heterocycles. The molecule has 7 heteroatoms. The van der Waals surface area contributed by atoms with Crippen LogP contribution in [0.3, 0.4) is 0 Å². The number of rotatable bonds is 3. The lowest BCUT2D eigenvalue weighted by Crippen LogP contribution is -2.52. The van der Waals surface area contributed by atoms with Gasteiger partial charge in [-0.25, -0.2) is 0 Å². The van der Waals surface area contributed by atoms with Crippen molar-refractivity contribution in [2.24, 2.45) is 0 Å². The average Bonchev–Trinajstić information content (AvgIpc) is 3.18. The van der Waals surface area contributed by atoms with E-state index < -0.39 is 11.5 Å². The maximum absolute atomic E-state index is 13.7. The van der Waals surface area contributed by atoms with Gasteiger partial charge in [-0.2, -0.15) is 0 Å². The molecule has 0 N–H and O–H groups in total. The number of fused-ring (bicyclic) bond motifs is 1. The highest BCUT2D eigenvalue weighted by atomic mass is 16.2. The number of hydrogen-bond acceptors (Lipinski definition) is 4. The summed E-state index contributed by atoms with van der Waals surface area (Å²) in [6, 6.07) is 9.31. The first kappa shape index (κ1) is 17.4. The molecule has 2 aromatic rings. The van der Waals surface area contributed by atoms with Gasteiger partial charge in [0.15, 0.2) is 11.9 Å². The van der Waals surface area contributed by atoms with Gasteiger partial charge in [0.05, 0.1) is 5.41 Å². The predicted octanol–water partition coefficient (Wildman–Crippen LogP) is 1.82. The summed E-state index contributed by atoms with van der Waals surface area (Å²) < 4.78 is 1.99. The highest BCUT2D eigenvalue weighted by molar-refractivity contribution is 5.95. The van der Waals surface area contributed by atoms with Gasteiger partial charge < -0.3 is 14.4 Å². The van der Waals surface area contributed by atoms with E-state index in [0.29, 0.717) is 18.9 Å². The lowest BCUT2D eigenvalue weighted by Gasteiger charge is -2.38. The largest absolute Gasteiger partial charge is 0.340 e. The minimum atomic E-state index is -0.665. The number of carbonyl (C=O) groups excluding carboxylic acids is 2. The third-order valence-electron chi connectivity index (χ3n) is 6.48. The fourth-order valence-electron chi connectivity index (χ4n) is 4.71. The van der Waals surface area contributed by atoms with Crippen LogP contribution in [0.5, 0.6) is 0 Å². The Morgan fingerprint density at radius 3 is 2.39 bits per heavy atom. The Bertz CT molecular complexity index is 912. The van der Waals surface area contributed by atoms with Crippen molar-refractivity contribution >= 4 is 11.8 Å². The third kappa shape index (κ3) is 2.56. The number of hydrogen-bond donors (Lipinski definition) is 0. The normalized spacial score (nSPS) is 22.8. The van der Waals surface area contributed by atoms with Crippen LogP contribution in [0.1, 0.15) is 48.9 Å². The summed E-state index contributed by atoms with van der Waals surface area (Å²) in [7, 11) is 0. The van der Waals surface area contributed by atoms with E-state index in [9.17, 15) is 9.59 Å². The standard InChI is InChI=1S/C21H25N5O2/c1-15-22-23-18-17(19(27)24-11-5-6-12-24)26(14-13-25(15)18)20(28)21(9-10-21)16-7-3-2-4-8-16/h2-4,7-8,17H,5-6,9-14H2,1H3. The van der Waals surface area contributed by atoms with Gasteiger partial charge in [-0.3, -0.25) is 9.59 Å². The molecule has 28 heavy (non-hydrogen) atoms. The van der Waals surface area contributed by atoms with Gasteiger partial charge in [-0.15, -0.1) is 10.2 Å². The van der Waals surface area contributed by atoms with E-state index in [1.807, 2.05) is 46.7 Å². The van der Waals surface area contributed by atoms with Crippen molar-refractivity contribution in [1.82, 2.24) is 24.6 Å². The van der Waals surface area contributed by atoms with Crippen LogP contribution in [-0.4, -0.2) is 56.0 Å². The summed E-state index contributed by atoms with van der Waals surface area (Å²) in [5.41, 5.74) is 0.567. The van der Waals surface area contributed by atoms with E-state index in [1.165, 1.54) is 0 Å². The summed E-state index contributed by atoms with van der Waals surface area (Å²) in [6.45, 7) is 4.57. The molecule has 2 aliphatic heterocycles. The van der Waals surface area contributed by atoms with Crippen molar-refractivity contribution in [1.29, 1.82) is 0 Å². The number of likely N-dealkylation sites (tertiary alicyclic amines) is 1. The number of amides is 2. The first-order valence-electron chi connectivity index (χ1n) is 10.2. The van der Waals surface area contributed by atoms with Crippen LogP contribution < -0.4 is 0 Å². The molecule has 0 bridgehead atoms. The SMILES string of the molecule is Cc1nnc2n1CCN(C(=O)C1(c3ccccc3)CC1)C2C(=O)N1CCCC1. The van der Waals surface area contributed by atoms with Crippen LogP contribution in [0.25, 0.3) is 0 Å². The van der Waals surface area contributed by atoms with Gasteiger partial charge in [-0.05, 0) is 38.2 Å². The van der Waals surface area contributed by atoms with E-state index in [0.717, 1.165) is 50.2 Å². The zero-order valence-corrected chi connectivity index (χ0v) is 16.2. The fraction of sp³-hybridized carbons (Fsp3) is 0.524. The predicted molar refractivity (Wildman–Crippen MR) is 102 cm³/mol. The van der Waals surface area contributed by atoms with Gasteiger partial charge in [0.2, 0.25) is 5.91 Å². The van der Waals surface area contributed by atoms with E-state index >= 15 is 0 Å². The van der Waals surface area contributed by atoms with Crippen molar-refractivity contribution in [2.45, 2.75) is 50.6 Å². The summed E-state index contributed by atoms with van der Waals surface area (Å²) in [5, 5.41) is 8.50. The summed E-state index contributed by atoms with van der Waals surface area (Å²) in [6.07, 6.45) is 3.71. The van der Waals surface area contributed by atoms with Crippen LogP contribution in [0.4, 0.5) is 0 Å². The molecule has 0 radical (unpaired) electrons. The van der Waals surface area contributed by atoms with E-state index in [2.05, 4.69) is 10.2 Å². The maximum atomic E-state index is 13.7. The summed E-state index contributed by atoms with van der Waals surface area (Å²) in [4.78, 5) is 30.8.